The Kier molecular flexibility index (Phi) is 4.82. The van der Waals surface area contributed by atoms with Crippen LogP contribution in [-0.4, -0.2) is 16.6 Å². The van der Waals surface area contributed by atoms with Crippen molar-refractivity contribution in [2.45, 2.75) is 6.92 Å². The predicted octanol–water partition coefficient (Wildman–Crippen LogP) is 4.01. The SMILES string of the molecule is Cc1[nH]nc(-c2cccc(NN(C=O)c3ccccc3C#N)c2)c1Br. The van der Waals surface area contributed by atoms with Gasteiger partial charge in [0.2, 0.25) is 6.41 Å². The second-order valence-electron chi connectivity index (χ2n) is 5.31. The van der Waals surface area contributed by atoms with Gasteiger partial charge in [-0.15, -0.1) is 0 Å². The number of H-pyrrole nitrogens is 1. The van der Waals surface area contributed by atoms with E-state index in [-0.39, 0.29) is 0 Å². The summed E-state index contributed by atoms with van der Waals surface area (Å²) < 4.78 is 0.895. The molecule has 0 spiro atoms. The van der Waals surface area contributed by atoms with Crippen molar-refractivity contribution in [1.82, 2.24) is 10.2 Å². The maximum Gasteiger partial charge on any atom is 0.232 e. The summed E-state index contributed by atoms with van der Waals surface area (Å²) in [7, 11) is 0. The Labute approximate surface area is 153 Å². The number of nitrogens with zero attached hydrogens (tertiary/aromatic N) is 3. The Bertz CT molecular complexity index is 960. The molecule has 2 N–H and O–H groups in total. The van der Waals surface area contributed by atoms with E-state index in [1.165, 1.54) is 5.01 Å². The number of para-hydroxylation sites is 1. The number of amides is 1. The first-order valence-electron chi connectivity index (χ1n) is 7.45. The smallest absolute Gasteiger partial charge is 0.232 e. The molecule has 7 heteroatoms. The number of anilines is 2. The summed E-state index contributed by atoms with van der Waals surface area (Å²) in [5.41, 5.74) is 7.22. The molecule has 0 unspecified atom stereocenters. The maximum absolute atomic E-state index is 11.5. The quantitative estimate of drug-likeness (QED) is 0.504. The van der Waals surface area contributed by atoms with Gasteiger partial charge in [0.25, 0.3) is 0 Å². The molecule has 0 saturated heterocycles. The van der Waals surface area contributed by atoms with Crippen molar-refractivity contribution in [3.05, 3.63) is 64.3 Å². The number of benzene rings is 2. The van der Waals surface area contributed by atoms with Crippen molar-refractivity contribution in [3.63, 3.8) is 0 Å². The van der Waals surface area contributed by atoms with Crippen molar-refractivity contribution >= 4 is 33.7 Å². The summed E-state index contributed by atoms with van der Waals surface area (Å²) in [4.78, 5) is 11.5. The van der Waals surface area contributed by atoms with Crippen LogP contribution in [0.3, 0.4) is 0 Å². The molecule has 0 radical (unpaired) electrons. The fraction of sp³-hybridized carbons (Fsp3) is 0.0556. The number of carbonyl (C=O) groups is 1. The lowest BCUT2D eigenvalue weighted by Gasteiger charge is -2.21. The molecule has 25 heavy (non-hydrogen) atoms. The monoisotopic (exact) mass is 395 g/mol. The van der Waals surface area contributed by atoms with Crippen LogP contribution in [0.4, 0.5) is 11.4 Å². The van der Waals surface area contributed by atoms with Crippen molar-refractivity contribution in [3.8, 4) is 17.3 Å². The van der Waals surface area contributed by atoms with E-state index in [9.17, 15) is 10.1 Å². The van der Waals surface area contributed by atoms with Gasteiger partial charge in [-0.05, 0) is 47.1 Å². The van der Waals surface area contributed by atoms with E-state index in [0.717, 1.165) is 21.4 Å². The Morgan fingerprint density at radius 1 is 1.28 bits per heavy atom. The Morgan fingerprint density at radius 3 is 2.76 bits per heavy atom. The third-order valence-electron chi connectivity index (χ3n) is 3.65. The number of aromatic nitrogens is 2. The predicted molar refractivity (Wildman–Crippen MR) is 99.8 cm³/mol. The normalized spacial score (nSPS) is 10.1. The molecule has 2 aromatic carbocycles. The van der Waals surface area contributed by atoms with Crippen LogP contribution in [0.5, 0.6) is 0 Å². The number of hydrogen-bond acceptors (Lipinski definition) is 4. The van der Waals surface area contributed by atoms with E-state index in [1.807, 2.05) is 31.2 Å². The molecule has 0 bridgehead atoms. The fourth-order valence-electron chi connectivity index (χ4n) is 2.40. The molecule has 124 valence electrons. The van der Waals surface area contributed by atoms with E-state index in [1.54, 1.807) is 24.3 Å². The Morgan fingerprint density at radius 2 is 2.08 bits per heavy atom. The zero-order valence-corrected chi connectivity index (χ0v) is 14.9. The summed E-state index contributed by atoms with van der Waals surface area (Å²) in [5, 5.41) is 17.7. The number of nitrogens with one attached hydrogen (secondary N) is 2. The van der Waals surface area contributed by atoms with E-state index < -0.39 is 0 Å². The van der Waals surface area contributed by atoms with Crippen LogP contribution < -0.4 is 10.4 Å². The Balaban J connectivity index is 1.92. The summed E-state index contributed by atoms with van der Waals surface area (Å²) in [5.74, 6) is 0. The van der Waals surface area contributed by atoms with Crippen LogP contribution >= 0.6 is 15.9 Å². The second kappa shape index (κ2) is 7.20. The molecule has 1 amide bonds. The molecular weight excluding hydrogens is 382 g/mol. The maximum atomic E-state index is 11.5. The zero-order valence-electron chi connectivity index (χ0n) is 13.3. The molecular formula is C18H14BrN5O. The lowest BCUT2D eigenvalue weighted by atomic mass is 10.1. The van der Waals surface area contributed by atoms with Gasteiger partial charge >= 0.3 is 0 Å². The van der Waals surface area contributed by atoms with Gasteiger partial charge in [0.05, 0.1) is 21.4 Å². The van der Waals surface area contributed by atoms with Gasteiger partial charge in [0.1, 0.15) is 11.8 Å². The standard InChI is InChI=1S/C18H14BrN5O/c1-12-17(19)18(22-21-12)13-6-4-7-15(9-13)23-24(11-25)16-8-3-2-5-14(16)10-20/h2-9,11,23H,1H3,(H,21,22). The molecule has 0 saturated carbocycles. The first-order chi connectivity index (χ1) is 12.1. The van der Waals surface area contributed by atoms with E-state index in [4.69, 9.17) is 0 Å². The van der Waals surface area contributed by atoms with Crippen LogP contribution in [0.2, 0.25) is 0 Å². The molecule has 0 fully saturated rings. The summed E-state index contributed by atoms with van der Waals surface area (Å²) in [6.45, 7) is 1.93. The van der Waals surface area contributed by atoms with Crippen LogP contribution in [0.1, 0.15) is 11.3 Å². The van der Waals surface area contributed by atoms with Gasteiger partial charge < -0.3 is 0 Å². The first kappa shape index (κ1) is 16.7. The molecule has 0 aliphatic carbocycles. The summed E-state index contributed by atoms with van der Waals surface area (Å²) >= 11 is 3.51. The summed E-state index contributed by atoms with van der Waals surface area (Å²) in [6, 6.07) is 16.5. The molecule has 3 rings (SSSR count). The number of hydrogen-bond donors (Lipinski definition) is 2. The molecule has 0 aliphatic rings. The van der Waals surface area contributed by atoms with Crippen molar-refractivity contribution in [1.29, 1.82) is 5.26 Å². The highest BCUT2D eigenvalue weighted by Gasteiger charge is 2.13. The number of nitriles is 1. The molecule has 3 aromatic rings. The highest BCUT2D eigenvalue weighted by molar-refractivity contribution is 9.10. The van der Waals surface area contributed by atoms with E-state index >= 15 is 0 Å². The minimum absolute atomic E-state index is 0.406. The average molecular weight is 396 g/mol. The lowest BCUT2D eigenvalue weighted by molar-refractivity contribution is -0.107. The van der Waals surface area contributed by atoms with Gasteiger partial charge in [-0.1, -0.05) is 24.3 Å². The van der Waals surface area contributed by atoms with Crippen LogP contribution in [0.15, 0.2) is 53.0 Å². The number of aryl methyl sites for hydroxylation is 1. The van der Waals surface area contributed by atoms with E-state index in [2.05, 4.69) is 37.6 Å². The molecule has 1 heterocycles. The van der Waals surface area contributed by atoms with Gasteiger partial charge in [-0.3, -0.25) is 15.3 Å². The lowest BCUT2D eigenvalue weighted by Crippen LogP contribution is -2.28. The minimum atomic E-state index is 0.406. The van der Waals surface area contributed by atoms with Crippen LogP contribution in [-0.2, 0) is 4.79 Å². The third kappa shape index (κ3) is 3.39. The number of rotatable bonds is 5. The van der Waals surface area contributed by atoms with Crippen molar-refractivity contribution in [2.24, 2.45) is 0 Å². The minimum Gasteiger partial charge on any atom is -0.292 e. The van der Waals surface area contributed by atoms with Crippen molar-refractivity contribution < 1.29 is 4.79 Å². The zero-order chi connectivity index (χ0) is 17.8. The fourth-order valence-corrected chi connectivity index (χ4v) is 2.81. The van der Waals surface area contributed by atoms with Crippen LogP contribution in [0.25, 0.3) is 11.3 Å². The second-order valence-corrected chi connectivity index (χ2v) is 6.10. The van der Waals surface area contributed by atoms with Gasteiger partial charge in [0.15, 0.2) is 0 Å². The highest BCUT2D eigenvalue weighted by Crippen LogP contribution is 2.30. The number of carbonyl (C=O) groups excluding carboxylic acids is 1. The Hall–Kier alpha value is -3.11. The largest absolute Gasteiger partial charge is 0.292 e. The van der Waals surface area contributed by atoms with Gasteiger partial charge in [-0.25, -0.2) is 5.01 Å². The number of halogens is 1. The molecule has 0 atom stereocenters. The van der Waals surface area contributed by atoms with Gasteiger partial charge in [0, 0.05) is 11.3 Å². The topological polar surface area (TPSA) is 84.8 Å². The highest BCUT2D eigenvalue weighted by atomic mass is 79.9. The molecule has 1 aromatic heterocycles. The van der Waals surface area contributed by atoms with Crippen molar-refractivity contribution in [2.75, 3.05) is 10.4 Å². The van der Waals surface area contributed by atoms with Gasteiger partial charge in [-0.2, -0.15) is 10.4 Å². The first-order valence-corrected chi connectivity index (χ1v) is 8.24. The number of hydrazine groups is 1. The van der Waals surface area contributed by atoms with Crippen LogP contribution in [0, 0.1) is 18.3 Å². The average Bonchev–Trinajstić information content (AvgIpc) is 2.99. The summed E-state index contributed by atoms with van der Waals surface area (Å²) in [6.07, 6.45) is 0.636. The van der Waals surface area contributed by atoms with E-state index in [0.29, 0.717) is 23.3 Å². The third-order valence-corrected chi connectivity index (χ3v) is 4.62. The molecule has 0 aliphatic heterocycles. The molecule has 6 nitrogen and oxygen atoms in total. The number of aromatic amines is 1.